The number of rotatable bonds is 0. The number of nitrogen functional groups attached to an aromatic ring is 1. The minimum Gasteiger partial charge on any atom is -0.398 e. The van der Waals surface area contributed by atoms with Gasteiger partial charge in [0.1, 0.15) is 0 Å². The standard InChI is InChI=1S/C13H14N2.ClH/c1-8-5-6-10-12(7-8)15-11-4-2-3-9(11)13(10)14;/h5-7H,2-4H2,1H3,(H2,14,15);1H. The molecule has 0 unspecified atom stereocenters. The lowest BCUT2D eigenvalue weighted by Crippen LogP contribution is -1.98. The molecule has 2 N–H and O–H groups in total. The van der Waals surface area contributed by atoms with Crippen molar-refractivity contribution in [3.63, 3.8) is 0 Å². The van der Waals surface area contributed by atoms with Crippen molar-refractivity contribution in [3.8, 4) is 0 Å². The number of aryl methyl sites for hydroxylation is 2. The molecule has 1 aromatic heterocycles. The molecule has 0 fully saturated rings. The summed E-state index contributed by atoms with van der Waals surface area (Å²) in [6.45, 7) is 2.09. The molecule has 0 amide bonds. The van der Waals surface area contributed by atoms with Gasteiger partial charge in [-0.05, 0) is 43.4 Å². The van der Waals surface area contributed by atoms with Crippen LogP contribution in [-0.4, -0.2) is 4.98 Å². The number of pyridine rings is 1. The van der Waals surface area contributed by atoms with Crippen molar-refractivity contribution in [1.82, 2.24) is 4.98 Å². The number of hydrogen-bond donors (Lipinski definition) is 1. The lowest BCUT2D eigenvalue weighted by molar-refractivity contribution is 0.901. The summed E-state index contributed by atoms with van der Waals surface area (Å²) in [7, 11) is 0. The number of benzene rings is 1. The molecule has 0 atom stereocenters. The number of anilines is 1. The molecule has 1 heterocycles. The van der Waals surface area contributed by atoms with Crippen LogP contribution < -0.4 is 5.73 Å². The normalized spacial score (nSPS) is 13.6. The van der Waals surface area contributed by atoms with Crippen molar-refractivity contribution >= 4 is 29.0 Å². The van der Waals surface area contributed by atoms with E-state index in [-0.39, 0.29) is 12.4 Å². The van der Waals surface area contributed by atoms with Crippen LogP contribution in [0.25, 0.3) is 10.9 Å². The van der Waals surface area contributed by atoms with Crippen LogP contribution in [0.2, 0.25) is 0 Å². The third kappa shape index (κ3) is 1.54. The van der Waals surface area contributed by atoms with E-state index in [4.69, 9.17) is 10.7 Å². The summed E-state index contributed by atoms with van der Waals surface area (Å²) in [6, 6.07) is 6.30. The Morgan fingerprint density at radius 1 is 1.25 bits per heavy atom. The highest BCUT2D eigenvalue weighted by Crippen LogP contribution is 2.31. The molecule has 0 spiro atoms. The van der Waals surface area contributed by atoms with E-state index in [2.05, 4.69) is 25.1 Å². The number of nitrogens with two attached hydrogens (primary N) is 1. The predicted octanol–water partition coefficient (Wildman–Crippen LogP) is 3.04. The molecule has 2 aromatic rings. The Hall–Kier alpha value is -1.28. The number of aromatic nitrogens is 1. The Morgan fingerprint density at radius 2 is 2.06 bits per heavy atom. The molecule has 0 saturated heterocycles. The molecular weight excluding hydrogens is 220 g/mol. The minimum atomic E-state index is 0. The monoisotopic (exact) mass is 234 g/mol. The van der Waals surface area contributed by atoms with Gasteiger partial charge < -0.3 is 5.73 Å². The zero-order valence-corrected chi connectivity index (χ0v) is 10.1. The Kier molecular flexibility index (Phi) is 2.76. The van der Waals surface area contributed by atoms with E-state index in [0.717, 1.165) is 29.4 Å². The highest BCUT2D eigenvalue weighted by Gasteiger charge is 2.17. The van der Waals surface area contributed by atoms with Gasteiger partial charge in [-0.1, -0.05) is 12.1 Å². The molecule has 16 heavy (non-hydrogen) atoms. The summed E-state index contributed by atoms with van der Waals surface area (Å²) in [6.07, 6.45) is 3.38. The molecular formula is C13H15ClN2. The van der Waals surface area contributed by atoms with Crippen molar-refractivity contribution in [3.05, 3.63) is 35.0 Å². The van der Waals surface area contributed by atoms with Gasteiger partial charge >= 0.3 is 0 Å². The molecule has 0 radical (unpaired) electrons. The smallest absolute Gasteiger partial charge is 0.0728 e. The first-order chi connectivity index (χ1) is 7.25. The van der Waals surface area contributed by atoms with Crippen molar-refractivity contribution in [1.29, 1.82) is 0 Å². The maximum atomic E-state index is 6.18. The van der Waals surface area contributed by atoms with E-state index in [1.54, 1.807) is 0 Å². The fourth-order valence-corrected chi connectivity index (χ4v) is 2.41. The summed E-state index contributed by atoms with van der Waals surface area (Å²) in [5.74, 6) is 0. The molecule has 0 saturated carbocycles. The van der Waals surface area contributed by atoms with Crippen molar-refractivity contribution in [2.75, 3.05) is 5.73 Å². The molecule has 1 aliphatic carbocycles. The van der Waals surface area contributed by atoms with Gasteiger partial charge in [0.05, 0.1) is 5.52 Å². The van der Waals surface area contributed by atoms with Crippen LogP contribution in [0.4, 0.5) is 5.69 Å². The van der Waals surface area contributed by atoms with E-state index in [9.17, 15) is 0 Å². The van der Waals surface area contributed by atoms with E-state index < -0.39 is 0 Å². The van der Waals surface area contributed by atoms with E-state index in [0.29, 0.717) is 0 Å². The fourth-order valence-electron chi connectivity index (χ4n) is 2.41. The quantitative estimate of drug-likeness (QED) is 0.761. The Labute approximate surface area is 101 Å². The second-order valence-electron chi connectivity index (χ2n) is 4.32. The maximum Gasteiger partial charge on any atom is 0.0728 e. The first-order valence-corrected chi connectivity index (χ1v) is 5.43. The second-order valence-corrected chi connectivity index (χ2v) is 4.32. The number of fused-ring (bicyclic) bond motifs is 2. The largest absolute Gasteiger partial charge is 0.398 e. The number of hydrogen-bond acceptors (Lipinski definition) is 2. The lowest BCUT2D eigenvalue weighted by atomic mass is 10.1. The van der Waals surface area contributed by atoms with Crippen LogP contribution in [-0.2, 0) is 12.8 Å². The number of nitrogens with zero attached hydrogens (tertiary/aromatic N) is 1. The molecule has 1 aliphatic rings. The van der Waals surface area contributed by atoms with E-state index >= 15 is 0 Å². The van der Waals surface area contributed by atoms with Gasteiger partial charge in [0.2, 0.25) is 0 Å². The van der Waals surface area contributed by atoms with Crippen LogP contribution in [0.1, 0.15) is 23.2 Å². The van der Waals surface area contributed by atoms with E-state index in [1.165, 1.54) is 23.2 Å². The maximum absolute atomic E-state index is 6.18. The third-order valence-electron chi connectivity index (χ3n) is 3.21. The summed E-state index contributed by atoms with van der Waals surface area (Å²) in [5, 5.41) is 1.11. The molecule has 0 bridgehead atoms. The summed E-state index contributed by atoms with van der Waals surface area (Å²) >= 11 is 0. The van der Waals surface area contributed by atoms with Gasteiger partial charge in [-0.3, -0.25) is 4.98 Å². The van der Waals surface area contributed by atoms with Crippen molar-refractivity contribution in [2.24, 2.45) is 0 Å². The molecule has 1 aromatic carbocycles. The molecule has 0 aliphatic heterocycles. The van der Waals surface area contributed by atoms with Crippen LogP contribution >= 0.6 is 12.4 Å². The fraction of sp³-hybridized carbons (Fsp3) is 0.308. The lowest BCUT2D eigenvalue weighted by Gasteiger charge is -2.08. The van der Waals surface area contributed by atoms with Gasteiger partial charge in [-0.2, -0.15) is 0 Å². The Bertz CT molecular complexity index is 549. The first-order valence-electron chi connectivity index (χ1n) is 5.43. The topological polar surface area (TPSA) is 38.9 Å². The average molecular weight is 235 g/mol. The summed E-state index contributed by atoms with van der Waals surface area (Å²) in [5.41, 5.74) is 11.9. The van der Waals surface area contributed by atoms with Gasteiger partial charge in [0, 0.05) is 16.8 Å². The van der Waals surface area contributed by atoms with Gasteiger partial charge in [-0.25, -0.2) is 0 Å². The van der Waals surface area contributed by atoms with Crippen molar-refractivity contribution in [2.45, 2.75) is 26.2 Å². The minimum absolute atomic E-state index is 0. The van der Waals surface area contributed by atoms with Crippen LogP contribution in [0.15, 0.2) is 18.2 Å². The van der Waals surface area contributed by atoms with Crippen LogP contribution in [0.5, 0.6) is 0 Å². The summed E-state index contributed by atoms with van der Waals surface area (Å²) in [4.78, 5) is 4.70. The highest BCUT2D eigenvalue weighted by atomic mass is 35.5. The predicted molar refractivity (Wildman–Crippen MR) is 70.2 cm³/mol. The SMILES string of the molecule is Cc1ccc2c(N)c3c(nc2c1)CCC3.Cl. The Morgan fingerprint density at radius 3 is 2.88 bits per heavy atom. The highest BCUT2D eigenvalue weighted by molar-refractivity contribution is 5.92. The van der Waals surface area contributed by atoms with Gasteiger partial charge in [0.25, 0.3) is 0 Å². The average Bonchev–Trinajstić information content (AvgIpc) is 2.65. The van der Waals surface area contributed by atoms with Gasteiger partial charge in [0.15, 0.2) is 0 Å². The van der Waals surface area contributed by atoms with Crippen LogP contribution in [0.3, 0.4) is 0 Å². The zero-order chi connectivity index (χ0) is 10.4. The van der Waals surface area contributed by atoms with Gasteiger partial charge in [-0.15, -0.1) is 12.4 Å². The van der Waals surface area contributed by atoms with Crippen LogP contribution in [0, 0.1) is 6.92 Å². The zero-order valence-electron chi connectivity index (χ0n) is 9.29. The third-order valence-corrected chi connectivity index (χ3v) is 3.21. The first kappa shape index (κ1) is 11.2. The van der Waals surface area contributed by atoms with E-state index in [1.807, 2.05) is 0 Å². The summed E-state index contributed by atoms with van der Waals surface area (Å²) < 4.78 is 0. The molecule has 3 rings (SSSR count). The number of halogens is 1. The molecule has 84 valence electrons. The molecule has 3 heteroatoms. The molecule has 2 nitrogen and oxygen atoms in total. The second kappa shape index (κ2) is 3.95. The van der Waals surface area contributed by atoms with Crippen molar-refractivity contribution < 1.29 is 0 Å². The Balaban J connectivity index is 0.000000963.